The van der Waals surface area contributed by atoms with Crippen molar-refractivity contribution >= 4 is 34.1 Å². The fourth-order valence-corrected chi connectivity index (χ4v) is 7.73. The van der Waals surface area contributed by atoms with Crippen LogP contribution in [-0.4, -0.2) is 9.97 Å². The van der Waals surface area contributed by atoms with Gasteiger partial charge >= 0.3 is 0 Å². The van der Waals surface area contributed by atoms with E-state index >= 15 is 0 Å². The molecule has 0 saturated heterocycles. The zero-order chi connectivity index (χ0) is 28.3. The molecule has 0 saturated carbocycles. The number of hydrogen-bond donors (Lipinski definition) is 0. The number of benzene rings is 3. The molecule has 5 heterocycles. The second-order valence-electron chi connectivity index (χ2n) is 13.3. The maximum atomic E-state index is 4.49. The number of aromatic nitrogens is 2. The zero-order valence-electron chi connectivity index (χ0n) is 24.5. The molecular formula is C37H34N4. The Labute approximate surface area is 242 Å². The second kappa shape index (κ2) is 7.85. The topological polar surface area (TPSA) is 32.3 Å². The van der Waals surface area contributed by atoms with Gasteiger partial charge in [-0.1, -0.05) is 77.9 Å². The van der Waals surface area contributed by atoms with Crippen LogP contribution in [0.15, 0.2) is 97.6 Å². The van der Waals surface area contributed by atoms with E-state index in [1.54, 1.807) is 0 Å². The van der Waals surface area contributed by atoms with Gasteiger partial charge in [0.25, 0.3) is 0 Å². The SMILES string of the molecule is CC1(C)c2cccc3c2N2c4c1cccc4C(C)(C)c1cc(N(c4ccncc4)c4cccnc4)cc(c12)C3(C)C. The summed E-state index contributed by atoms with van der Waals surface area (Å²) in [5, 5.41) is 0. The summed E-state index contributed by atoms with van der Waals surface area (Å²) in [6.45, 7) is 14.4. The molecule has 0 bridgehead atoms. The molecule has 0 aliphatic carbocycles. The Morgan fingerprint density at radius 1 is 0.488 bits per heavy atom. The third-order valence-corrected chi connectivity index (χ3v) is 9.96. The van der Waals surface area contributed by atoms with Crippen LogP contribution in [-0.2, 0) is 16.2 Å². The van der Waals surface area contributed by atoms with Crippen LogP contribution in [0, 0.1) is 0 Å². The van der Waals surface area contributed by atoms with E-state index in [9.17, 15) is 0 Å². The molecule has 3 aliphatic heterocycles. The zero-order valence-corrected chi connectivity index (χ0v) is 24.5. The summed E-state index contributed by atoms with van der Waals surface area (Å²) in [5.74, 6) is 0. The molecule has 0 spiro atoms. The molecule has 0 N–H and O–H groups in total. The van der Waals surface area contributed by atoms with Crippen molar-refractivity contribution < 1.29 is 0 Å². The lowest BCUT2D eigenvalue weighted by Crippen LogP contribution is -2.43. The van der Waals surface area contributed by atoms with Gasteiger partial charge in [-0.2, -0.15) is 0 Å². The number of pyridine rings is 2. The van der Waals surface area contributed by atoms with Crippen molar-refractivity contribution in [1.82, 2.24) is 9.97 Å². The minimum Gasteiger partial charge on any atom is -0.309 e. The highest BCUT2D eigenvalue weighted by molar-refractivity contribution is 5.99. The monoisotopic (exact) mass is 534 g/mol. The predicted octanol–water partition coefficient (Wildman–Crippen LogP) is 9.33. The average Bonchev–Trinajstić information content (AvgIpc) is 2.97. The predicted molar refractivity (Wildman–Crippen MR) is 168 cm³/mol. The minimum atomic E-state index is -0.198. The highest BCUT2D eigenvalue weighted by Crippen LogP contribution is 2.66. The van der Waals surface area contributed by atoms with E-state index in [0.29, 0.717) is 0 Å². The van der Waals surface area contributed by atoms with Crippen molar-refractivity contribution in [2.75, 3.05) is 9.80 Å². The molecule has 202 valence electrons. The number of hydrogen-bond acceptors (Lipinski definition) is 4. The van der Waals surface area contributed by atoms with Crippen LogP contribution >= 0.6 is 0 Å². The van der Waals surface area contributed by atoms with Gasteiger partial charge < -0.3 is 9.80 Å². The fraction of sp³-hybridized carbons (Fsp3) is 0.243. The summed E-state index contributed by atoms with van der Waals surface area (Å²) in [6.07, 6.45) is 7.50. The Kier molecular flexibility index (Phi) is 4.66. The highest BCUT2D eigenvalue weighted by Gasteiger charge is 2.51. The Bertz CT molecular complexity index is 1740. The van der Waals surface area contributed by atoms with Crippen LogP contribution in [0.1, 0.15) is 74.9 Å². The van der Waals surface area contributed by atoms with Gasteiger partial charge in [0.1, 0.15) is 0 Å². The van der Waals surface area contributed by atoms with Crippen LogP contribution in [0.25, 0.3) is 0 Å². The molecule has 0 radical (unpaired) electrons. The van der Waals surface area contributed by atoms with Gasteiger partial charge in [-0.25, -0.2) is 0 Å². The molecule has 0 fully saturated rings. The first-order valence-electron chi connectivity index (χ1n) is 14.5. The summed E-state index contributed by atoms with van der Waals surface area (Å²) >= 11 is 0. The largest absolute Gasteiger partial charge is 0.309 e. The van der Waals surface area contributed by atoms with E-state index in [1.807, 2.05) is 30.9 Å². The van der Waals surface area contributed by atoms with Gasteiger partial charge in [-0.15, -0.1) is 0 Å². The van der Waals surface area contributed by atoms with Crippen molar-refractivity contribution in [2.45, 2.75) is 57.8 Å². The number of rotatable bonds is 3. The molecule has 0 atom stereocenters. The Morgan fingerprint density at radius 3 is 1.46 bits per heavy atom. The molecule has 3 aromatic carbocycles. The van der Waals surface area contributed by atoms with E-state index < -0.39 is 0 Å². The molecule has 4 nitrogen and oxygen atoms in total. The normalized spacial score (nSPS) is 17.6. The van der Waals surface area contributed by atoms with Gasteiger partial charge in [-0.05, 0) is 69.8 Å². The molecule has 3 aliphatic rings. The van der Waals surface area contributed by atoms with E-state index in [1.165, 1.54) is 50.4 Å². The van der Waals surface area contributed by atoms with Gasteiger partial charge in [0.05, 0.1) is 28.9 Å². The number of para-hydroxylation sites is 2. The molecule has 0 amide bonds. The molecule has 8 rings (SSSR count). The molecular weight excluding hydrogens is 500 g/mol. The lowest BCUT2D eigenvalue weighted by molar-refractivity contribution is 0.566. The lowest BCUT2D eigenvalue weighted by Gasteiger charge is -2.55. The third-order valence-electron chi connectivity index (χ3n) is 9.96. The van der Waals surface area contributed by atoms with Crippen LogP contribution in [0.3, 0.4) is 0 Å². The number of nitrogens with zero attached hydrogens (tertiary/aromatic N) is 4. The summed E-state index contributed by atoms with van der Waals surface area (Å²) < 4.78 is 0. The van der Waals surface area contributed by atoms with Crippen LogP contribution < -0.4 is 9.80 Å². The van der Waals surface area contributed by atoms with Crippen LogP contribution in [0.2, 0.25) is 0 Å². The summed E-state index contributed by atoms with van der Waals surface area (Å²) in [7, 11) is 0. The first kappa shape index (κ1) is 24.4. The van der Waals surface area contributed by atoms with Gasteiger partial charge in [-0.3, -0.25) is 9.97 Å². The van der Waals surface area contributed by atoms with Gasteiger partial charge in [0.15, 0.2) is 0 Å². The molecule has 4 heteroatoms. The summed E-state index contributed by atoms with van der Waals surface area (Å²) in [5.41, 5.74) is 15.1. The Hall–Kier alpha value is -4.44. The smallest absolute Gasteiger partial charge is 0.0644 e. The van der Waals surface area contributed by atoms with E-state index in [2.05, 4.69) is 128 Å². The van der Waals surface area contributed by atoms with Crippen molar-refractivity contribution in [3.63, 3.8) is 0 Å². The van der Waals surface area contributed by atoms with Crippen molar-refractivity contribution in [3.8, 4) is 0 Å². The quantitative estimate of drug-likeness (QED) is 0.231. The molecule has 2 aromatic heterocycles. The van der Waals surface area contributed by atoms with E-state index in [0.717, 1.165) is 17.1 Å². The summed E-state index contributed by atoms with van der Waals surface area (Å²) in [6, 6.07) is 27.0. The average molecular weight is 535 g/mol. The van der Waals surface area contributed by atoms with Crippen molar-refractivity contribution in [3.05, 3.63) is 131 Å². The lowest BCUT2D eigenvalue weighted by atomic mass is 9.61. The van der Waals surface area contributed by atoms with Gasteiger partial charge in [0.2, 0.25) is 0 Å². The minimum absolute atomic E-state index is 0.0905. The van der Waals surface area contributed by atoms with E-state index in [-0.39, 0.29) is 16.2 Å². The standard InChI is InChI=1S/C37H34N4/c1-35(2)26-11-7-13-28-32(26)41-33-27(35)12-8-14-29(33)37(5,6)31-21-25(20-30(34(31)41)36(28,3)4)40(23-15-18-38-19-16-23)24-10-9-17-39-22-24/h7-22H,1-6H3. The van der Waals surface area contributed by atoms with E-state index in [4.69, 9.17) is 0 Å². The first-order valence-corrected chi connectivity index (χ1v) is 14.5. The molecule has 5 aromatic rings. The highest BCUT2D eigenvalue weighted by atomic mass is 15.2. The Morgan fingerprint density at radius 2 is 0.976 bits per heavy atom. The maximum absolute atomic E-state index is 4.49. The Balaban J connectivity index is 1.50. The number of anilines is 6. The summed E-state index contributed by atoms with van der Waals surface area (Å²) in [4.78, 5) is 13.7. The van der Waals surface area contributed by atoms with Crippen molar-refractivity contribution in [1.29, 1.82) is 0 Å². The van der Waals surface area contributed by atoms with Gasteiger partial charge in [0, 0.05) is 46.2 Å². The maximum Gasteiger partial charge on any atom is 0.0644 e. The fourth-order valence-electron chi connectivity index (χ4n) is 7.73. The second-order valence-corrected chi connectivity index (χ2v) is 13.3. The van der Waals surface area contributed by atoms with Crippen LogP contribution in [0.5, 0.6) is 0 Å². The molecule has 41 heavy (non-hydrogen) atoms. The van der Waals surface area contributed by atoms with Crippen LogP contribution in [0.4, 0.5) is 34.1 Å². The molecule has 0 unspecified atom stereocenters. The third kappa shape index (κ3) is 3.00. The van der Waals surface area contributed by atoms with Crippen molar-refractivity contribution in [2.24, 2.45) is 0 Å². The first-order chi connectivity index (χ1) is 19.6.